The molecule has 230 valence electrons. The molecule has 0 spiro atoms. The zero-order chi connectivity index (χ0) is 32.6. The van der Waals surface area contributed by atoms with Crippen molar-refractivity contribution in [1.29, 1.82) is 0 Å². The molecule has 2 aromatic heterocycles. The highest BCUT2D eigenvalue weighted by molar-refractivity contribution is 7.26. The van der Waals surface area contributed by atoms with Gasteiger partial charge in [0, 0.05) is 36.9 Å². The molecule has 9 rings (SSSR count). The van der Waals surface area contributed by atoms with Crippen molar-refractivity contribution in [3.8, 4) is 67.5 Å². The molecule has 0 bridgehead atoms. The smallest absolute Gasteiger partial charge is 0.164 e. The summed E-state index contributed by atoms with van der Waals surface area (Å²) in [6.45, 7) is 0. The third-order valence-electron chi connectivity index (χ3n) is 8.98. The molecule has 0 aliphatic heterocycles. The van der Waals surface area contributed by atoms with Crippen LogP contribution in [0.15, 0.2) is 176 Å². The maximum Gasteiger partial charge on any atom is 0.164 e. The van der Waals surface area contributed by atoms with Crippen LogP contribution >= 0.6 is 11.3 Å². The maximum absolute atomic E-state index is 5.06. The van der Waals surface area contributed by atoms with Crippen molar-refractivity contribution < 1.29 is 0 Å². The van der Waals surface area contributed by atoms with Gasteiger partial charge < -0.3 is 0 Å². The minimum atomic E-state index is 0.651. The van der Waals surface area contributed by atoms with Gasteiger partial charge in [0.05, 0.1) is 0 Å². The molecule has 3 nitrogen and oxygen atoms in total. The molecule has 0 aliphatic rings. The Labute approximate surface area is 288 Å². The first-order valence-corrected chi connectivity index (χ1v) is 17.2. The van der Waals surface area contributed by atoms with Crippen LogP contribution in [0.3, 0.4) is 0 Å². The number of benzene rings is 7. The van der Waals surface area contributed by atoms with Crippen LogP contribution in [-0.2, 0) is 0 Å². The van der Waals surface area contributed by atoms with E-state index >= 15 is 0 Å². The van der Waals surface area contributed by atoms with Gasteiger partial charge in [-0.2, -0.15) is 0 Å². The van der Waals surface area contributed by atoms with Gasteiger partial charge in [0.25, 0.3) is 0 Å². The monoisotopic (exact) mass is 643 g/mol. The van der Waals surface area contributed by atoms with E-state index in [2.05, 4.69) is 140 Å². The Morgan fingerprint density at radius 1 is 0.306 bits per heavy atom. The molecule has 9 aromatic rings. The molecule has 4 heteroatoms. The van der Waals surface area contributed by atoms with Gasteiger partial charge in [-0.05, 0) is 45.5 Å². The number of nitrogens with zero attached hydrogens (tertiary/aromatic N) is 3. The van der Waals surface area contributed by atoms with Gasteiger partial charge in [-0.15, -0.1) is 11.3 Å². The summed E-state index contributed by atoms with van der Waals surface area (Å²) in [6, 6.07) is 61.6. The molecule has 0 aliphatic carbocycles. The van der Waals surface area contributed by atoms with Gasteiger partial charge in [0.1, 0.15) is 0 Å². The normalized spacial score (nSPS) is 11.3. The van der Waals surface area contributed by atoms with Crippen LogP contribution in [0.4, 0.5) is 0 Å². The van der Waals surface area contributed by atoms with Crippen molar-refractivity contribution in [3.63, 3.8) is 0 Å². The molecule has 0 radical (unpaired) electrons. The summed E-state index contributed by atoms with van der Waals surface area (Å²) in [5.41, 5.74) is 10.1. The van der Waals surface area contributed by atoms with Crippen molar-refractivity contribution in [2.24, 2.45) is 0 Å². The molecule has 0 fully saturated rings. The van der Waals surface area contributed by atoms with Gasteiger partial charge in [-0.25, -0.2) is 15.0 Å². The Morgan fingerprint density at radius 2 is 0.735 bits per heavy atom. The minimum absolute atomic E-state index is 0.651. The average molecular weight is 644 g/mol. The van der Waals surface area contributed by atoms with E-state index < -0.39 is 0 Å². The van der Waals surface area contributed by atoms with Gasteiger partial charge in [-0.1, -0.05) is 164 Å². The van der Waals surface area contributed by atoms with E-state index in [0.29, 0.717) is 17.5 Å². The van der Waals surface area contributed by atoms with Crippen LogP contribution < -0.4 is 0 Å². The van der Waals surface area contributed by atoms with Gasteiger partial charge in [0.15, 0.2) is 17.5 Å². The second kappa shape index (κ2) is 12.4. The summed E-state index contributed by atoms with van der Waals surface area (Å²) in [4.78, 5) is 15.0. The fourth-order valence-electron chi connectivity index (χ4n) is 6.47. The second-order valence-electron chi connectivity index (χ2n) is 12.1. The Hall–Kier alpha value is -6.23. The second-order valence-corrected chi connectivity index (χ2v) is 13.1. The molecule has 0 saturated carbocycles. The number of aromatic nitrogens is 3. The highest BCUT2D eigenvalue weighted by Crippen LogP contribution is 2.41. The van der Waals surface area contributed by atoms with Crippen LogP contribution in [-0.4, -0.2) is 15.0 Å². The zero-order valence-corrected chi connectivity index (χ0v) is 27.3. The van der Waals surface area contributed by atoms with Crippen molar-refractivity contribution in [1.82, 2.24) is 15.0 Å². The average Bonchev–Trinajstić information content (AvgIpc) is 3.57. The predicted octanol–water partition coefficient (Wildman–Crippen LogP) is 12.2. The van der Waals surface area contributed by atoms with Crippen LogP contribution in [0, 0.1) is 0 Å². The minimum Gasteiger partial charge on any atom is -0.208 e. The number of hydrogen-bond acceptors (Lipinski definition) is 4. The van der Waals surface area contributed by atoms with Gasteiger partial charge in [-0.3, -0.25) is 0 Å². The fraction of sp³-hybridized carbons (Fsp3) is 0. The molecule has 7 aromatic carbocycles. The van der Waals surface area contributed by atoms with Gasteiger partial charge >= 0.3 is 0 Å². The van der Waals surface area contributed by atoms with Crippen LogP contribution in [0.2, 0.25) is 0 Å². The summed E-state index contributed by atoms with van der Waals surface area (Å²) in [6.07, 6.45) is 0. The largest absolute Gasteiger partial charge is 0.208 e. The Morgan fingerprint density at radius 3 is 1.31 bits per heavy atom. The van der Waals surface area contributed by atoms with Gasteiger partial charge in [0.2, 0.25) is 0 Å². The lowest BCUT2D eigenvalue weighted by Gasteiger charge is -2.10. The highest BCUT2D eigenvalue weighted by Gasteiger charge is 2.16. The molecular formula is C45H29N3S. The Balaban J connectivity index is 1.10. The Bertz CT molecular complexity index is 2560. The van der Waals surface area contributed by atoms with Crippen molar-refractivity contribution in [2.75, 3.05) is 0 Å². The lowest BCUT2D eigenvalue weighted by molar-refractivity contribution is 1.07. The molecule has 0 saturated heterocycles. The van der Waals surface area contributed by atoms with Crippen molar-refractivity contribution in [2.45, 2.75) is 0 Å². The van der Waals surface area contributed by atoms with E-state index in [4.69, 9.17) is 15.0 Å². The first-order valence-electron chi connectivity index (χ1n) is 16.4. The molecule has 2 heterocycles. The van der Waals surface area contributed by atoms with Crippen LogP contribution in [0.5, 0.6) is 0 Å². The Kier molecular flexibility index (Phi) is 7.34. The van der Waals surface area contributed by atoms with E-state index in [9.17, 15) is 0 Å². The maximum atomic E-state index is 5.06. The third kappa shape index (κ3) is 5.58. The summed E-state index contributed by atoms with van der Waals surface area (Å²) >= 11 is 1.81. The third-order valence-corrected chi connectivity index (χ3v) is 10.1. The van der Waals surface area contributed by atoms with Crippen molar-refractivity contribution in [3.05, 3.63) is 176 Å². The fourth-order valence-corrected chi connectivity index (χ4v) is 7.64. The number of hydrogen-bond donors (Lipinski definition) is 0. The topological polar surface area (TPSA) is 38.7 Å². The molecule has 0 unspecified atom stereocenters. The zero-order valence-electron chi connectivity index (χ0n) is 26.5. The van der Waals surface area contributed by atoms with Crippen LogP contribution in [0.1, 0.15) is 0 Å². The number of rotatable bonds is 6. The van der Waals surface area contributed by atoms with E-state index in [1.54, 1.807) is 0 Å². The molecular weight excluding hydrogens is 615 g/mol. The summed E-state index contributed by atoms with van der Waals surface area (Å²) in [7, 11) is 0. The number of thiophene rings is 1. The lowest BCUT2D eigenvalue weighted by Crippen LogP contribution is -2.00. The van der Waals surface area contributed by atoms with E-state index in [0.717, 1.165) is 22.3 Å². The quantitative estimate of drug-likeness (QED) is 0.181. The highest BCUT2D eigenvalue weighted by atomic mass is 32.1. The van der Waals surface area contributed by atoms with Crippen molar-refractivity contribution >= 4 is 31.5 Å². The molecule has 0 N–H and O–H groups in total. The summed E-state index contributed by atoms with van der Waals surface area (Å²) < 4.78 is 2.48. The van der Waals surface area contributed by atoms with Crippen LogP contribution in [0.25, 0.3) is 87.7 Å². The summed E-state index contributed by atoms with van der Waals surface area (Å²) in [5, 5.41) is 2.53. The molecule has 0 atom stereocenters. The van der Waals surface area contributed by atoms with E-state index in [-0.39, 0.29) is 0 Å². The lowest BCUT2D eigenvalue weighted by atomic mass is 9.99. The number of fused-ring (bicyclic) bond motifs is 3. The first kappa shape index (κ1) is 29.0. The first-order chi connectivity index (χ1) is 24.3. The van der Waals surface area contributed by atoms with E-state index in [1.807, 2.05) is 47.7 Å². The van der Waals surface area contributed by atoms with E-state index in [1.165, 1.54) is 48.0 Å². The summed E-state index contributed by atoms with van der Waals surface area (Å²) in [5.74, 6) is 1.97. The predicted molar refractivity (Wildman–Crippen MR) is 205 cm³/mol. The molecule has 49 heavy (non-hydrogen) atoms. The molecule has 0 amide bonds. The SMILES string of the molecule is c1ccc(-c2ccc(-c3ccc(-c4nc(-c5ccccc5)nc(-c5ccc6c(c5)sc5cccc(-c7ccccc7)c56)n4)cc3)cc2)cc1. The standard InChI is InChI=1S/C45H29N3S/c1-4-11-30(12-5-1)31-19-21-32(22-20-31)33-23-25-36(26-24-33)44-46-43(35-15-8-3-9-16-35)47-45(48-44)37-27-28-39-41(29-37)49-40-18-10-17-38(42(39)40)34-13-6-2-7-14-34/h1-29H.